The van der Waals surface area contributed by atoms with Crippen LogP contribution in [0.3, 0.4) is 0 Å². The van der Waals surface area contributed by atoms with Crippen molar-refractivity contribution in [1.82, 2.24) is 19.8 Å². The molecule has 1 saturated carbocycles. The Bertz CT molecular complexity index is 753. The molecule has 3 fully saturated rings. The molecule has 2 amide bonds. The topological polar surface area (TPSA) is 108 Å². The van der Waals surface area contributed by atoms with E-state index in [1.54, 1.807) is 13.8 Å². The molecular weight excluding hydrogens is 420 g/mol. The number of hydrogen-bond donors (Lipinski definition) is 2. The number of amides is 2. The van der Waals surface area contributed by atoms with Gasteiger partial charge in [0.25, 0.3) is 5.91 Å². The van der Waals surface area contributed by atoms with Crippen LogP contribution in [0, 0.1) is 5.92 Å². The highest BCUT2D eigenvalue weighted by Gasteiger charge is 2.59. The van der Waals surface area contributed by atoms with E-state index in [4.69, 9.17) is 4.74 Å². The number of ether oxygens (including phenoxy) is 1. The Labute approximate surface area is 186 Å². The Morgan fingerprint density at radius 2 is 2.03 bits per heavy atom. The SMILES string of the molecule is CC(C)S(=O)(=O)N1C[C@H](C(=O)NCCCN(C)C2CCCCC2)[C@@]2(C1)OCCNC2=O. The molecule has 2 N–H and O–H groups in total. The van der Waals surface area contributed by atoms with Crippen LogP contribution in [-0.2, 0) is 24.3 Å². The number of carbonyl (C=O) groups is 2. The van der Waals surface area contributed by atoms with Gasteiger partial charge in [-0.2, -0.15) is 4.31 Å². The zero-order valence-electron chi connectivity index (χ0n) is 19.1. The van der Waals surface area contributed by atoms with Crippen LogP contribution in [0.2, 0.25) is 0 Å². The summed E-state index contributed by atoms with van der Waals surface area (Å²) in [5, 5.41) is 5.05. The molecule has 3 rings (SSSR count). The van der Waals surface area contributed by atoms with E-state index in [1.165, 1.54) is 36.4 Å². The lowest BCUT2D eigenvalue weighted by Gasteiger charge is -2.36. The quantitative estimate of drug-likeness (QED) is 0.507. The van der Waals surface area contributed by atoms with Gasteiger partial charge in [0.15, 0.2) is 5.60 Å². The molecule has 31 heavy (non-hydrogen) atoms. The van der Waals surface area contributed by atoms with Gasteiger partial charge in [-0.3, -0.25) is 9.59 Å². The van der Waals surface area contributed by atoms with Crippen molar-refractivity contribution in [2.24, 2.45) is 5.92 Å². The van der Waals surface area contributed by atoms with Gasteiger partial charge in [0, 0.05) is 25.7 Å². The first-order valence-electron chi connectivity index (χ1n) is 11.6. The van der Waals surface area contributed by atoms with E-state index in [0.717, 1.165) is 13.0 Å². The summed E-state index contributed by atoms with van der Waals surface area (Å²) in [4.78, 5) is 28.1. The minimum atomic E-state index is -3.60. The molecule has 1 aliphatic carbocycles. The molecular formula is C21H38N4O5S. The van der Waals surface area contributed by atoms with Crippen molar-refractivity contribution in [1.29, 1.82) is 0 Å². The fraction of sp³-hybridized carbons (Fsp3) is 0.905. The molecule has 0 aromatic rings. The number of nitrogens with zero attached hydrogens (tertiary/aromatic N) is 2. The summed E-state index contributed by atoms with van der Waals surface area (Å²) in [5.41, 5.74) is -1.46. The third kappa shape index (κ3) is 5.23. The van der Waals surface area contributed by atoms with Crippen LogP contribution in [0.25, 0.3) is 0 Å². The van der Waals surface area contributed by atoms with E-state index < -0.39 is 32.7 Å². The zero-order valence-corrected chi connectivity index (χ0v) is 19.9. The third-order valence-electron chi connectivity index (χ3n) is 6.95. The third-order valence-corrected chi connectivity index (χ3v) is 9.14. The Morgan fingerprint density at radius 3 is 2.68 bits per heavy atom. The molecule has 178 valence electrons. The van der Waals surface area contributed by atoms with E-state index in [1.807, 2.05) is 0 Å². The molecule has 3 aliphatic rings. The standard InChI is InChI=1S/C21H38N4O5S/c1-16(2)31(28,29)25-14-18(21(15-25)20(27)23-11-13-30-21)19(26)22-10-7-12-24(3)17-8-5-4-6-9-17/h16-18H,4-15H2,1-3H3,(H,22,26)(H,23,27)/t18-,21-/m1/s1. The predicted molar refractivity (Wildman–Crippen MR) is 118 cm³/mol. The van der Waals surface area contributed by atoms with Gasteiger partial charge in [-0.25, -0.2) is 8.42 Å². The first-order valence-corrected chi connectivity index (χ1v) is 13.1. The van der Waals surface area contributed by atoms with Crippen molar-refractivity contribution in [3.63, 3.8) is 0 Å². The van der Waals surface area contributed by atoms with Crippen LogP contribution in [0.1, 0.15) is 52.4 Å². The molecule has 0 radical (unpaired) electrons. The lowest BCUT2D eigenvalue weighted by Crippen LogP contribution is -2.62. The molecule has 0 aromatic carbocycles. The normalized spacial score (nSPS) is 28.4. The van der Waals surface area contributed by atoms with Crippen molar-refractivity contribution in [3.8, 4) is 0 Å². The first-order chi connectivity index (χ1) is 14.7. The van der Waals surface area contributed by atoms with Crippen molar-refractivity contribution in [2.45, 2.75) is 69.3 Å². The Morgan fingerprint density at radius 1 is 1.32 bits per heavy atom. The number of rotatable bonds is 8. The van der Waals surface area contributed by atoms with E-state index in [9.17, 15) is 18.0 Å². The Balaban J connectivity index is 1.60. The van der Waals surface area contributed by atoms with Crippen LogP contribution < -0.4 is 10.6 Å². The van der Waals surface area contributed by atoms with Gasteiger partial charge in [-0.05, 0) is 46.7 Å². The maximum Gasteiger partial charge on any atom is 0.254 e. The smallest absolute Gasteiger partial charge is 0.254 e. The molecule has 0 unspecified atom stereocenters. The summed E-state index contributed by atoms with van der Waals surface area (Å²) in [6, 6.07) is 0.622. The minimum absolute atomic E-state index is 0.0399. The lowest BCUT2D eigenvalue weighted by molar-refractivity contribution is -0.163. The highest BCUT2D eigenvalue weighted by atomic mass is 32.2. The van der Waals surface area contributed by atoms with Crippen molar-refractivity contribution in [3.05, 3.63) is 0 Å². The van der Waals surface area contributed by atoms with Crippen LogP contribution in [0.4, 0.5) is 0 Å². The second kappa shape index (κ2) is 10.1. The largest absolute Gasteiger partial charge is 0.361 e. The number of hydrogen-bond acceptors (Lipinski definition) is 6. The Kier molecular flexibility index (Phi) is 7.99. The summed E-state index contributed by atoms with van der Waals surface area (Å²) in [6.45, 7) is 5.03. The van der Waals surface area contributed by atoms with Gasteiger partial charge in [-0.1, -0.05) is 19.3 Å². The second-order valence-electron chi connectivity index (χ2n) is 9.35. The summed E-state index contributed by atoms with van der Waals surface area (Å²) in [7, 11) is -1.47. The van der Waals surface area contributed by atoms with E-state index in [2.05, 4.69) is 22.6 Å². The summed E-state index contributed by atoms with van der Waals surface area (Å²) >= 11 is 0. The van der Waals surface area contributed by atoms with Gasteiger partial charge in [0.1, 0.15) is 0 Å². The number of sulfonamides is 1. The minimum Gasteiger partial charge on any atom is -0.361 e. The molecule has 10 heteroatoms. The molecule has 0 aromatic heterocycles. The maximum absolute atomic E-state index is 13.0. The van der Waals surface area contributed by atoms with Crippen molar-refractivity contribution < 1.29 is 22.7 Å². The summed E-state index contributed by atoms with van der Waals surface area (Å²) in [5.74, 6) is -1.59. The predicted octanol–water partition coefficient (Wildman–Crippen LogP) is 0.312. The Hall–Kier alpha value is -1.23. The van der Waals surface area contributed by atoms with E-state index in [-0.39, 0.29) is 25.6 Å². The highest BCUT2D eigenvalue weighted by molar-refractivity contribution is 7.89. The molecule has 0 bridgehead atoms. The number of carbonyl (C=O) groups excluding carboxylic acids is 2. The van der Waals surface area contributed by atoms with Crippen LogP contribution in [0.15, 0.2) is 0 Å². The van der Waals surface area contributed by atoms with Gasteiger partial charge >= 0.3 is 0 Å². The first kappa shape index (κ1) is 24.4. The highest BCUT2D eigenvalue weighted by Crippen LogP contribution is 2.36. The van der Waals surface area contributed by atoms with Crippen LogP contribution in [-0.4, -0.2) is 92.7 Å². The molecule has 1 spiro atoms. The second-order valence-corrected chi connectivity index (χ2v) is 11.8. The molecule has 2 saturated heterocycles. The van der Waals surface area contributed by atoms with Crippen LogP contribution in [0.5, 0.6) is 0 Å². The van der Waals surface area contributed by atoms with Crippen LogP contribution >= 0.6 is 0 Å². The average molecular weight is 459 g/mol. The molecule has 2 aliphatic heterocycles. The monoisotopic (exact) mass is 458 g/mol. The summed E-state index contributed by atoms with van der Waals surface area (Å²) in [6.07, 6.45) is 7.17. The maximum atomic E-state index is 13.0. The van der Waals surface area contributed by atoms with Gasteiger partial charge in [0.05, 0.1) is 24.3 Å². The number of morpholine rings is 1. The van der Waals surface area contributed by atoms with Gasteiger partial charge in [0.2, 0.25) is 15.9 Å². The zero-order chi connectivity index (χ0) is 22.6. The van der Waals surface area contributed by atoms with E-state index >= 15 is 0 Å². The lowest BCUT2D eigenvalue weighted by atomic mass is 9.87. The molecule has 9 nitrogen and oxygen atoms in total. The number of nitrogens with one attached hydrogen (secondary N) is 2. The van der Waals surface area contributed by atoms with Gasteiger partial charge < -0.3 is 20.3 Å². The fourth-order valence-corrected chi connectivity index (χ4v) is 6.26. The molecule has 2 heterocycles. The summed E-state index contributed by atoms with van der Waals surface area (Å²) < 4.78 is 32.5. The van der Waals surface area contributed by atoms with Gasteiger partial charge in [-0.15, -0.1) is 0 Å². The van der Waals surface area contributed by atoms with Crippen molar-refractivity contribution >= 4 is 21.8 Å². The molecule has 2 atom stereocenters. The average Bonchev–Trinajstić information content (AvgIpc) is 3.14. The fourth-order valence-electron chi connectivity index (χ4n) is 4.93. The van der Waals surface area contributed by atoms with E-state index in [0.29, 0.717) is 19.1 Å². The van der Waals surface area contributed by atoms with Crippen molar-refractivity contribution in [2.75, 3.05) is 46.4 Å².